The third-order valence-electron chi connectivity index (χ3n) is 4.15. The molecule has 4 nitrogen and oxygen atoms in total. The van der Waals surface area contributed by atoms with E-state index in [0.717, 1.165) is 17.7 Å². The molecule has 0 atom stereocenters. The maximum absolute atomic E-state index is 12.6. The van der Waals surface area contributed by atoms with Gasteiger partial charge in [-0.2, -0.15) is 13.2 Å². The van der Waals surface area contributed by atoms with Gasteiger partial charge >= 0.3 is 12.1 Å². The molecule has 1 aliphatic heterocycles. The van der Waals surface area contributed by atoms with Crippen LogP contribution in [0.15, 0.2) is 72.5 Å². The summed E-state index contributed by atoms with van der Waals surface area (Å²) in [6.45, 7) is 3.67. The van der Waals surface area contributed by atoms with Crippen molar-refractivity contribution >= 4 is 17.6 Å². The Morgan fingerprint density at radius 2 is 1.61 bits per heavy atom. The molecule has 2 aromatic rings. The first-order valence-corrected chi connectivity index (χ1v) is 8.37. The van der Waals surface area contributed by atoms with Crippen molar-refractivity contribution in [1.82, 2.24) is 0 Å². The summed E-state index contributed by atoms with van der Waals surface area (Å²) in [5, 5.41) is 2.70. The zero-order valence-electron chi connectivity index (χ0n) is 14.7. The van der Waals surface area contributed by atoms with E-state index in [4.69, 9.17) is 4.74 Å². The molecule has 7 heteroatoms. The van der Waals surface area contributed by atoms with Crippen LogP contribution in [0.5, 0.6) is 0 Å². The number of esters is 1. The quantitative estimate of drug-likeness (QED) is 0.773. The minimum Gasteiger partial charge on any atom is -0.424 e. The van der Waals surface area contributed by atoms with Crippen molar-refractivity contribution in [2.24, 2.45) is 0 Å². The van der Waals surface area contributed by atoms with Crippen molar-refractivity contribution in [2.75, 3.05) is 5.32 Å². The molecule has 0 aliphatic carbocycles. The highest BCUT2D eigenvalue weighted by Crippen LogP contribution is 2.29. The molecular weight excluding hydrogens is 371 g/mol. The van der Waals surface area contributed by atoms with Crippen LogP contribution in [0, 0.1) is 0 Å². The highest BCUT2D eigenvalue weighted by Gasteiger charge is 2.30. The Labute approximate surface area is 159 Å². The van der Waals surface area contributed by atoms with Gasteiger partial charge in [0.15, 0.2) is 0 Å². The van der Waals surface area contributed by atoms with E-state index in [1.54, 1.807) is 24.3 Å². The number of amides is 1. The summed E-state index contributed by atoms with van der Waals surface area (Å²) in [7, 11) is 0. The van der Waals surface area contributed by atoms with E-state index in [1.807, 2.05) is 0 Å². The fourth-order valence-corrected chi connectivity index (χ4v) is 2.72. The van der Waals surface area contributed by atoms with Crippen LogP contribution in [0.1, 0.15) is 16.7 Å². The maximum Gasteiger partial charge on any atom is 0.416 e. The van der Waals surface area contributed by atoms with Crippen molar-refractivity contribution in [3.05, 3.63) is 89.2 Å². The number of hydrogen-bond acceptors (Lipinski definition) is 3. The van der Waals surface area contributed by atoms with Crippen LogP contribution in [0.25, 0.3) is 0 Å². The van der Waals surface area contributed by atoms with Gasteiger partial charge in [-0.05, 0) is 35.4 Å². The van der Waals surface area contributed by atoms with Crippen LogP contribution >= 0.6 is 0 Å². The number of hydrogen-bond donors (Lipinski definition) is 1. The van der Waals surface area contributed by atoms with E-state index in [0.29, 0.717) is 29.0 Å². The number of carbonyl (C=O) groups excluding carboxylic acids is 2. The molecule has 1 aliphatic rings. The second-order valence-corrected chi connectivity index (χ2v) is 6.31. The first-order chi connectivity index (χ1) is 13.2. The zero-order chi connectivity index (χ0) is 20.3. The Balaban J connectivity index is 1.56. The van der Waals surface area contributed by atoms with Gasteiger partial charge in [0.05, 0.1) is 12.0 Å². The summed E-state index contributed by atoms with van der Waals surface area (Å²) < 4.78 is 42.5. The van der Waals surface area contributed by atoms with E-state index in [1.165, 1.54) is 18.2 Å². The minimum absolute atomic E-state index is 0.0357. The molecule has 3 rings (SSSR count). The predicted octanol–water partition coefficient (Wildman–Crippen LogP) is 4.43. The number of alkyl halides is 3. The Bertz CT molecular complexity index is 942. The lowest BCUT2D eigenvalue weighted by molar-refractivity contribution is -0.137. The lowest BCUT2D eigenvalue weighted by atomic mass is 10.0. The fourth-order valence-electron chi connectivity index (χ4n) is 2.72. The van der Waals surface area contributed by atoms with Crippen LogP contribution in [-0.2, 0) is 33.3 Å². The third-order valence-corrected chi connectivity index (χ3v) is 4.15. The molecule has 0 saturated heterocycles. The lowest BCUT2D eigenvalue weighted by Crippen LogP contribution is -2.14. The Kier molecular flexibility index (Phi) is 5.35. The van der Waals surface area contributed by atoms with E-state index in [2.05, 4.69) is 11.9 Å². The molecule has 2 aromatic carbocycles. The lowest BCUT2D eigenvalue weighted by Gasteiger charge is -2.09. The molecule has 1 heterocycles. The van der Waals surface area contributed by atoms with Crippen LogP contribution in [0.4, 0.5) is 18.9 Å². The molecule has 0 unspecified atom stereocenters. The number of halogens is 3. The Hall–Kier alpha value is -3.35. The number of benzene rings is 2. The summed E-state index contributed by atoms with van der Waals surface area (Å²) in [6.07, 6.45) is -2.57. The molecule has 0 fully saturated rings. The highest BCUT2D eigenvalue weighted by molar-refractivity contribution is 5.92. The topological polar surface area (TPSA) is 55.4 Å². The van der Waals surface area contributed by atoms with Crippen LogP contribution < -0.4 is 5.32 Å². The zero-order valence-corrected chi connectivity index (χ0v) is 14.7. The smallest absolute Gasteiger partial charge is 0.416 e. The first kappa shape index (κ1) is 19.4. The molecular formula is C21H16F3NO3. The van der Waals surface area contributed by atoms with Gasteiger partial charge in [0, 0.05) is 23.8 Å². The van der Waals surface area contributed by atoms with Crippen molar-refractivity contribution in [3.63, 3.8) is 0 Å². The number of ether oxygens (including phenoxy) is 1. The normalized spacial score (nSPS) is 13.9. The van der Waals surface area contributed by atoms with Crippen LogP contribution in [0.3, 0.4) is 0 Å². The van der Waals surface area contributed by atoms with E-state index >= 15 is 0 Å². The van der Waals surface area contributed by atoms with E-state index < -0.39 is 17.7 Å². The second-order valence-electron chi connectivity index (χ2n) is 6.31. The minimum atomic E-state index is -4.40. The predicted molar refractivity (Wildman–Crippen MR) is 97.2 cm³/mol. The van der Waals surface area contributed by atoms with E-state index in [9.17, 15) is 22.8 Å². The number of rotatable bonds is 5. The molecule has 144 valence electrons. The monoisotopic (exact) mass is 387 g/mol. The molecule has 1 N–H and O–H groups in total. The van der Waals surface area contributed by atoms with Crippen molar-refractivity contribution in [3.8, 4) is 0 Å². The molecule has 0 radical (unpaired) electrons. The van der Waals surface area contributed by atoms with Gasteiger partial charge < -0.3 is 10.1 Å². The summed E-state index contributed by atoms with van der Waals surface area (Å²) in [4.78, 5) is 23.3. The van der Waals surface area contributed by atoms with Crippen molar-refractivity contribution in [1.29, 1.82) is 0 Å². The molecule has 0 spiro atoms. The van der Waals surface area contributed by atoms with E-state index in [-0.39, 0.29) is 12.3 Å². The second kappa shape index (κ2) is 7.72. The van der Waals surface area contributed by atoms with Crippen LogP contribution in [0.2, 0.25) is 0 Å². The summed E-state index contributed by atoms with van der Waals surface area (Å²) in [6, 6.07) is 11.5. The molecule has 1 amide bonds. The van der Waals surface area contributed by atoms with Crippen molar-refractivity contribution in [2.45, 2.75) is 19.0 Å². The summed E-state index contributed by atoms with van der Waals surface area (Å²) in [5.41, 5.74) is 1.90. The SMILES string of the molecule is C=C1OC(=O)C=C1Cc1ccc(NC(=O)Cc2ccc(C(F)(F)F)cc2)cc1. The average molecular weight is 387 g/mol. The number of cyclic esters (lactones) is 1. The van der Waals surface area contributed by atoms with Gasteiger partial charge in [-0.25, -0.2) is 4.79 Å². The first-order valence-electron chi connectivity index (χ1n) is 8.37. The number of anilines is 1. The van der Waals surface area contributed by atoms with Gasteiger partial charge in [0.1, 0.15) is 5.76 Å². The maximum atomic E-state index is 12.6. The molecule has 0 saturated carbocycles. The average Bonchev–Trinajstić information content (AvgIpc) is 2.93. The number of nitrogens with one attached hydrogen (secondary N) is 1. The fraction of sp³-hybridized carbons (Fsp3) is 0.143. The number of allylic oxidation sites excluding steroid dienone is 1. The summed E-state index contributed by atoms with van der Waals surface area (Å²) in [5.74, 6) is -0.440. The Morgan fingerprint density at radius 3 is 2.14 bits per heavy atom. The standard InChI is InChI=1S/C21H16F3NO3/c1-13-16(12-20(27)28-13)10-14-4-8-18(9-5-14)25-19(26)11-15-2-6-17(7-3-15)21(22,23)24/h2-9,12H,1,10-11H2,(H,25,26). The third kappa shape index (κ3) is 4.88. The molecule has 0 aromatic heterocycles. The summed E-state index contributed by atoms with van der Waals surface area (Å²) >= 11 is 0. The van der Waals surface area contributed by atoms with Crippen LogP contribution in [-0.4, -0.2) is 11.9 Å². The van der Waals surface area contributed by atoms with Gasteiger partial charge in [-0.15, -0.1) is 0 Å². The highest BCUT2D eigenvalue weighted by atomic mass is 19.4. The number of carbonyl (C=O) groups is 2. The van der Waals surface area contributed by atoms with Gasteiger partial charge in [-0.1, -0.05) is 30.8 Å². The van der Waals surface area contributed by atoms with Gasteiger partial charge in [-0.3, -0.25) is 4.79 Å². The largest absolute Gasteiger partial charge is 0.424 e. The van der Waals surface area contributed by atoms with Crippen molar-refractivity contribution < 1.29 is 27.5 Å². The molecule has 0 bridgehead atoms. The van der Waals surface area contributed by atoms with Gasteiger partial charge in [0.25, 0.3) is 0 Å². The van der Waals surface area contributed by atoms with Gasteiger partial charge in [0.2, 0.25) is 5.91 Å². The Morgan fingerprint density at radius 1 is 1.00 bits per heavy atom. The molecule has 28 heavy (non-hydrogen) atoms.